The Balaban J connectivity index is -0.0000000622. The number of hydrogen-bond acceptors (Lipinski definition) is 0. The van der Waals surface area contributed by atoms with Gasteiger partial charge in [-0.2, -0.15) is 0 Å². The summed E-state index contributed by atoms with van der Waals surface area (Å²) in [5.41, 5.74) is 0. The minimum Gasteiger partial charge on any atom is -0.0654 e. The Kier molecular flexibility index (Phi) is 198. The lowest BCUT2D eigenvalue weighted by Crippen LogP contribution is -2.02. The van der Waals surface area contributed by atoms with E-state index in [1.807, 2.05) is 0 Å². The van der Waals surface area contributed by atoms with Crippen LogP contribution in [0, 0.1) is 88.8 Å². The van der Waals surface area contributed by atoms with Gasteiger partial charge in [-0.15, -0.1) is 0 Å². The Morgan fingerprint density at radius 2 is 0.378 bits per heavy atom. The summed E-state index contributed by atoms with van der Waals surface area (Å²) >= 11 is 0. The second-order valence-electron chi connectivity index (χ2n) is 37.4. The molecule has 0 heteroatoms. The van der Waals surface area contributed by atoms with Gasteiger partial charge in [0.25, 0.3) is 0 Å². The van der Waals surface area contributed by atoms with Crippen molar-refractivity contribution in [2.24, 2.45) is 88.8 Å². The minimum atomic E-state index is 0.852. The van der Waals surface area contributed by atoms with Crippen molar-refractivity contribution in [3.63, 3.8) is 0 Å². The summed E-state index contributed by atoms with van der Waals surface area (Å²) in [5.74, 6) is 13.8. The van der Waals surface area contributed by atoms with Crippen LogP contribution in [0.15, 0.2) is 0 Å². The first-order chi connectivity index (χ1) is 52.3. The van der Waals surface area contributed by atoms with Crippen molar-refractivity contribution in [2.75, 3.05) is 0 Å². The maximum Gasteiger partial charge on any atom is -0.0420 e. The molecule has 0 aromatic rings. The van der Waals surface area contributed by atoms with Gasteiger partial charge >= 0.3 is 0 Å². The summed E-state index contributed by atoms with van der Waals surface area (Å²) in [5, 5.41) is 0. The fraction of sp³-hybridized carbons (Fsp3) is 1.00. The molecule has 0 aliphatic carbocycles. The Bertz CT molecular complexity index is 1180. The van der Waals surface area contributed by atoms with Gasteiger partial charge < -0.3 is 0 Å². The Morgan fingerprint density at radius 1 is 0.135 bits per heavy atom. The van der Waals surface area contributed by atoms with Crippen LogP contribution in [0.3, 0.4) is 0 Å². The fourth-order valence-corrected chi connectivity index (χ4v) is 9.85. The van der Waals surface area contributed by atoms with E-state index in [-0.39, 0.29) is 0 Å². The van der Waals surface area contributed by atoms with Crippen molar-refractivity contribution in [1.29, 1.82) is 0 Å². The maximum absolute atomic E-state index is 2.38. The first kappa shape index (κ1) is 149. The van der Waals surface area contributed by atoms with Crippen LogP contribution in [0.25, 0.3) is 0 Å². The van der Waals surface area contributed by atoms with Crippen molar-refractivity contribution < 1.29 is 0 Å². The topological polar surface area (TPSA) is 0 Å². The second-order valence-corrected chi connectivity index (χ2v) is 37.4. The molecule has 5 atom stereocenters. The van der Waals surface area contributed by atoms with Gasteiger partial charge in [-0.1, -0.05) is 634 Å². The van der Waals surface area contributed by atoms with Crippen molar-refractivity contribution in [3.8, 4) is 0 Å². The van der Waals surface area contributed by atoms with Gasteiger partial charge in [0.05, 0.1) is 0 Å². The molecule has 0 saturated carbocycles. The number of unbranched alkanes of at least 4 members (excludes halogenated alkanes) is 16. The third-order valence-corrected chi connectivity index (χ3v) is 21.6. The Labute approximate surface area is 724 Å². The predicted molar refractivity (Wildman–Crippen MR) is 545 cm³/mol. The molecule has 5 unspecified atom stereocenters. The van der Waals surface area contributed by atoms with Crippen molar-refractivity contribution in [2.45, 2.75) is 640 Å². The molecule has 0 bridgehead atoms. The van der Waals surface area contributed by atoms with Crippen LogP contribution in [0.1, 0.15) is 640 Å². The molecule has 0 aromatic carbocycles. The van der Waals surface area contributed by atoms with Crippen LogP contribution in [-0.2, 0) is 0 Å². The lowest BCUT2D eigenvalue weighted by Gasteiger charge is -2.12. The monoisotopic (exact) mass is 1590 g/mol. The van der Waals surface area contributed by atoms with Crippen LogP contribution in [-0.4, -0.2) is 0 Å². The lowest BCUT2D eigenvalue weighted by atomic mass is 9.94. The first-order valence-electron chi connectivity index (χ1n) is 52.3. The average Bonchev–Trinajstić information content (AvgIpc) is 1.06. The summed E-state index contributed by atoms with van der Waals surface area (Å²) in [6, 6.07) is 0. The third-order valence-electron chi connectivity index (χ3n) is 21.6. The highest BCUT2D eigenvalue weighted by Gasteiger charge is 2.05. The SMILES string of the molecule is CC(C)C(C)C.CCC(C)C.CCC(C)CC.CCC(C)CC(C)C.CCCC.CCCC(C)C.CCCC(C)C(C)C.CCCC(C)CC.CCCCC.CCCCC(C)C.CCCCC(C)CC.CCCCC(C)CCC.CCCCC(C)CCCC.CCCCC(CC)CC.CCCCCC.CCCCCCC. The van der Waals surface area contributed by atoms with Crippen LogP contribution in [0.4, 0.5) is 0 Å². The van der Waals surface area contributed by atoms with E-state index in [2.05, 4.69) is 325 Å². The molecule has 0 radical (unpaired) electrons. The molecule has 0 aliphatic rings. The molecule has 0 aliphatic heterocycles. The number of rotatable bonds is 48. The van der Waals surface area contributed by atoms with Gasteiger partial charge in [0.15, 0.2) is 0 Å². The zero-order valence-corrected chi connectivity index (χ0v) is 90.3. The van der Waals surface area contributed by atoms with Crippen LogP contribution >= 0.6 is 0 Å². The van der Waals surface area contributed by atoms with Crippen molar-refractivity contribution >= 4 is 0 Å². The largest absolute Gasteiger partial charge is 0.0654 e. The van der Waals surface area contributed by atoms with E-state index < -0.39 is 0 Å². The fourth-order valence-electron chi connectivity index (χ4n) is 9.85. The molecule has 698 valence electrons. The maximum atomic E-state index is 2.38. The molecule has 0 N–H and O–H groups in total. The normalized spacial score (nSPS) is 11.4. The Hall–Kier alpha value is 0. The summed E-state index contributed by atoms with van der Waals surface area (Å²) < 4.78 is 0. The van der Waals surface area contributed by atoms with E-state index in [9.17, 15) is 0 Å². The molecule has 111 heavy (non-hydrogen) atoms. The zero-order valence-electron chi connectivity index (χ0n) is 90.3. The highest BCUT2D eigenvalue weighted by atomic mass is 14.1. The average molecular weight is 1590 g/mol. The summed E-state index contributed by atoms with van der Waals surface area (Å²) in [4.78, 5) is 0. The standard InChI is InChI=1S/C10H22.2C9H20.3C8H18.3C7H16.4C6H14.2C5H12.C4H10/c1-4-6-8-10(3)9-7-5-2;1-4-6-8-9(3)7-5-2;1-4-7-8-9(5-2)6-3;1-5-8(4)6-7(2)3;1-5-6-8(4)7(2)3;1-4-6-7-8(3)5-2;1-4-5-6-7(2)3;1-4-6-7(3)5-2;1-3-5-7-6-4-2;1-5(2)6(3)4;1-4-5-6(2)3;1-4-6(3)5-2;1-3-5-6-4-2;1-4-5(2)3;1-3-5-4-2;1-3-4-2/h10H,4-9H2,1-3H3;2*9H,4-8H2,1-3H3;2*7-8H,5-6H2,1-4H3;8H,4-7H2,1-3H3;2*7H,4-6H2,1-3H3;3-7H2,1-2H3;5-6H,1-4H3;2*6H,4-5H2,1-3H3;3-6H2,1-2H3;5H,4H2,1-3H3;3-5H2,1-2H3;3-4H2,1-2H3. The molecule has 0 aromatic heterocycles. The van der Waals surface area contributed by atoms with Crippen LogP contribution in [0.5, 0.6) is 0 Å². The summed E-state index contributed by atoms with van der Waals surface area (Å²) in [6.45, 7) is 106. The van der Waals surface area contributed by atoms with Gasteiger partial charge in [-0.25, -0.2) is 0 Å². The minimum absolute atomic E-state index is 0.852. The van der Waals surface area contributed by atoms with Crippen molar-refractivity contribution in [3.05, 3.63) is 0 Å². The summed E-state index contributed by atoms with van der Waals surface area (Å²) in [7, 11) is 0. The molecule has 0 saturated heterocycles. The quantitative estimate of drug-likeness (QED) is 0.0533. The molecule has 0 amide bonds. The highest BCUT2D eigenvalue weighted by molar-refractivity contribution is 4.57. The number of hydrogen-bond donors (Lipinski definition) is 0. The molecule has 0 heterocycles. The van der Waals surface area contributed by atoms with E-state index in [1.165, 1.54) is 315 Å². The van der Waals surface area contributed by atoms with E-state index in [0.717, 1.165) is 88.8 Å². The Morgan fingerprint density at radius 3 is 0.532 bits per heavy atom. The van der Waals surface area contributed by atoms with Gasteiger partial charge in [0, 0.05) is 0 Å². The van der Waals surface area contributed by atoms with E-state index in [0.29, 0.717) is 0 Å². The van der Waals surface area contributed by atoms with Crippen LogP contribution < -0.4 is 0 Å². The van der Waals surface area contributed by atoms with Gasteiger partial charge in [0.2, 0.25) is 0 Å². The van der Waals surface area contributed by atoms with E-state index in [4.69, 9.17) is 0 Å². The molecule has 0 spiro atoms. The van der Waals surface area contributed by atoms with Crippen LogP contribution in [0.2, 0.25) is 0 Å². The van der Waals surface area contributed by atoms with E-state index in [1.54, 1.807) is 0 Å². The van der Waals surface area contributed by atoms with Gasteiger partial charge in [0.1, 0.15) is 0 Å². The molecule has 0 rings (SSSR count). The predicted octanol–water partition coefficient (Wildman–Crippen LogP) is 45.1. The van der Waals surface area contributed by atoms with Crippen molar-refractivity contribution in [1.82, 2.24) is 0 Å². The smallest absolute Gasteiger partial charge is 0.0420 e. The third kappa shape index (κ3) is 234. The molecule has 0 nitrogen and oxygen atoms in total. The van der Waals surface area contributed by atoms with Gasteiger partial charge in [-0.05, 0) is 95.2 Å². The highest BCUT2D eigenvalue weighted by Crippen LogP contribution is 2.19. The van der Waals surface area contributed by atoms with Gasteiger partial charge in [-0.3, -0.25) is 0 Å². The molecular formula is C111H254. The lowest BCUT2D eigenvalue weighted by molar-refractivity contribution is 0.389. The second kappa shape index (κ2) is 148. The zero-order chi connectivity index (χ0) is 90.3. The first-order valence-corrected chi connectivity index (χ1v) is 52.3. The molecule has 0 fully saturated rings. The van der Waals surface area contributed by atoms with E-state index >= 15 is 0 Å². The summed E-state index contributed by atoms with van der Waals surface area (Å²) in [6.07, 6.45) is 67.5. The molecular weight excluding hydrogens is 1330 g/mol.